The van der Waals surface area contributed by atoms with Crippen molar-refractivity contribution in [1.29, 1.82) is 0 Å². The van der Waals surface area contributed by atoms with E-state index < -0.39 is 0 Å². The predicted octanol–water partition coefficient (Wildman–Crippen LogP) is 6.68. The highest BCUT2D eigenvalue weighted by Crippen LogP contribution is 2.30. The van der Waals surface area contributed by atoms with Gasteiger partial charge in [-0.05, 0) is 69.5 Å². The van der Waals surface area contributed by atoms with E-state index in [0.717, 1.165) is 39.2 Å². The van der Waals surface area contributed by atoms with Crippen LogP contribution in [-0.4, -0.2) is 32.8 Å². The molecule has 0 aliphatic heterocycles. The Labute approximate surface area is 178 Å². The monoisotopic (exact) mass is 396 g/mol. The predicted molar refractivity (Wildman–Crippen MR) is 127 cm³/mol. The van der Waals surface area contributed by atoms with Gasteiger partial charge in [-0.3, -0.25) is 0 Å². The summed E-state index contributed by atoms with van der Waals surface area (Å²) < 4.78 is 6.40. The van der Waals surface area contributed by atoms with Crippen LogP contribution < -0.4 is 9.80 Å². The summed E-state index contributed by atoms with van der Waals surface area (Å²) in [6, 6.07) is 17.9. The maximum absolute atomic E-state index is 6.40. The van der Waals surface area contributed by atoms with Crippen LogP contribution in [0.15, 0.2) is 48.5 Å². The second kappa shape index (κ2) is 12.5. The third-order valence-electron chi connectivity index (χ3n) is 5.68. The molecule has 0 aliphatic carbocycles. The van der Waals surface area contributed by atoms with Crippen molar-refractivity contribution in [2.24, 2.45) is 0 Å². The summed E-state index contributed by atoms with van der Waals surface area (Å²) >= 11 is 0. The van der Waals surface area contributed by atoms with Gasteiger partial charge in [0.15, 0.2) is 0 Å². The molecule has 3 heteroatoms. The lowest BCUT2D eigenvalue weighted by atomic mass is 10.00. The molecule has 0 atom stereocenters. The first-order chi connectivity index (χ1) is 14.2. The second-order valence-corrected chi connectivity index (χ2v) is 7.49. The lowest BCUT2D eigenvalue weighted by Crippen LogP contribution is -2.22. The lowest BCUT2D eigenvalue weighted by Gasteiger charge is -2.24. The zero-order valence-corrected chi connectivity index (χ0v) is 19.2. The van der Waals surface area contributed by atoms with Crippen molar-refractivity contribution in [3.8, 4) is 0 Å². The molecular weight excluding hydrogens is 356 g/mol. The molecule has 160 valence electrons. The summed E-state index contributed by atoms with van der Waals surface area (Å²) in [6.07, 6.45) is 3.53. The Morgan fingerprint density at radius 3 is 1.38 bits per heavy atom. The minimum Gasteiger partial charge on any atom is -0.372 e. The van der Waals surface area contributed by atoms with Crippen molar-refractivity contribution < 1.29 is 4.74 Å². The van der Waals surface area contributed by atoms with Crippen LogP contribution in [0.5, 0.6) is 0 Å². The molecule has 29 heavy (non-hydrogen) atoms. The number of anilines is 2. The van der Waals surface area contributed by atoms with E-state index in [4.69, 9.17) is 4.74 Å². The van der Waals surface area contributed by atoms with Crippen LogP contribution in [-0.2, 0) is 4.74 Å². The first-order valence-corrected chi connectivity index (χ1v) is 11.5. The summed E-state index contributed by atoms with van der Waals surface area (Å²) in [5, 5.41) is 0. The molecule has 0 saturated heterocycles. The van der Waals surface area contributed by atoms with Crippen molar-refractivity contribution in [3.05, 3.63) is 59.7 Å². The van der Waals surface area contributed by atoms with Crippen LogP contribution in [0, 0.1) is 0 Å². The molecule has 3 nitrogen and oxygen atoms in total. The van der Waals surface area contributed by atoms with E-state index in [1.54, 1.807) is 0 Å². The van der Waals surface area contributed by atoms with Gasteiger partial charge in [-0.25, -0.2) is 0 Å². The van der Waals surface area contributed by atoms with E-state index in [9.17, 15) is 0 Å². The standard InChI is InChI=1S/C26H40N2O/c1-6-11-12-21-29-26(22-13-17-24(18-14-22)27(7-2)8-3)23-15-19-25(20-16-23)28(9-4)10-5/h13-20,26H,6-12,21H2,1-5H3. The topological polar surface area (TPSA) is 15.7 Å². The van der Waals surface area contributed by atoms with Crippen molar-refractivity contribution in [2.45, 2.75) is 60.0 Å². The molecule has 0 amide bonds. The van der Waals surface area contributed by atoms with Crippen molar-refractivity contribution in [2.75, 3.05) is 42.6 Å². The van der Waals surface area contributed by atoms with Gasteiger partial charge in [-0.15, -0.1) is 0 Å². The van der Waals surface area contributed by atoms with Gasteiger partial charge < -0.3 is 14.5 Å². The van der Waals surface area contributed by atoms with Gasteiger partial charge in [0.1, 0.15) is 6.10 Å². The van der Waals surface area contributed by atoms with Gasteiger partial charge in [-0.2, -0.15) is 0 Å². The zero-order chi connectivity index (χ0) is 21.1. The molecule has 2 aromatic carbocycles. The third-order valence-corrected chi connectivity index (χ3v) is 5.68. The van der Waals surface area contributed by atoms with Gasteiger partial charge in [0.05, 0.1) is 0 Å². The van der Waals surface area contributed by atoms with Gasteiger partial charge in [0.2, 0.25) is 0 Å². The second-order valence-electron chi connectivity index (χ2n) is 7.49. The van der Waals surface area contributed by atoms with E-state index >= 15 is 0 Å². The number of hydrogen-bond donors (Lipinski definition) is 0. The minimum atomic E-state index is -0.0108. The van der Waals surface area contributed by atoms with Gasteiger partial charge >= 0.3 is 0 Å². The van der Waals surface area contributed by atoms with Crippen molar-refractivity contribution in [1.82, 2.24) is 0 Å². The Kier molecular flexibility index (Phi) is 10.1. The van der Waals surface area contributed by atoms with E-state index in [0.29, 0.717) is 0 Å². The van der Waals surface area contributed by atoms with E-state index in [2.05, 4.69) is 92.9 Å². The normalized spacial score (nSPS) is 11.1. The maximum atomic E-state index is 6.40. The number of unbranched alkanes of at least 4 members (excludes halogenated alkanes) is 2. The van der Waals surface area contributed by atoms with Gasteiger partial charge in [-0.1, -0.05) is 44.0 Å². The molecule has 0 unspecified atom stereocenters. The summed E-state index contributed by atoms with van der Waals surface area (Å²) in [4.78, 5) is 4.75. The van der Waals surface area contributed by atoms with Crippen molar-refractivity contribution in [3.63, 3.8) is 0 Å². The zero-order valence-electron chi connectivity index (χ0n) is 19.2. The molecule has 2 aromatic rings. The van der Waals surface area contributed by atoms with Gasteiger partial charge in [0, 0.05) is 44.2 Å². The quantitative estimate of drug-likeness (QED) is 0.351. The van der Waals surface area contributed by atoms with Crippen LogP contribution in [0.4, 0.5) is 11.4 Å². The molecule has 0 saturated carbocycles. The first kappa shape index (κ1) is 23.3. The average Bonchev–Trinajstić information content (AvgIpc) is 2.77. The largest absolute Gasteiger partial charge is 0.372 e. The van der Waals surface area contributed by atoms with Crippen LogP contribution in [0.3, 0.4) is 0 Å². The Morgan fingerprint density at radius 2 is 1.03 bits per heavy atom. The number of nitrogens with zero attached hydrogens (tertiary/aromatic N) is 2. The molecular formula is C26H40N2O. The molecule has 0 aliphatic rings. The molecule has 0 aromatic heterocycles. The highest BCUT2D eigenvalue weighted by atomic mass is 16.5. The summed E-state index contributed by atoms with van der Waals surface area (Å²) in [7, 11) is 0. The summed E-state index contributed by atoms with van der Waals surface area (Å²) in [5.74, 6) is 0. The number of rotatable bonds is 13. The molecule has 0 bridgehead atoms. The molecule has 0 fully saturated rings. The van der Waals surface area contributed by atoms with E-state index in [1.807, 2.05) is 0 Å². The third kappa shape index (κ3) is 6.50. The van der Waals surface area contributed by atoms with E-state index in [1.165, 1.54) is 35.3 Å². The summed E-state index contributed by atoms with van der Waals surface area (Å²) in [6.45, 7) is 16.0. The number of hydrogen-bond acceptors (Lipinski definition) is 3. The smallest absolute Gasteiger partial charge is 0.108 e. The highest BCUT2D eigenvalue weighted by Gasteiger charge is 2.16. The number of benzene rings is 2. The fourth-order valence-electron chi connectivity index (χ4n) is 3.84. The summed E-state index contributed by atoms with van der Waals surface area (Å²) in [5.41, 5.74) is 5.02. The molecule has 0 spiro atoms. The SMILES string of the molecule is CCCCCOC(c1ccc(N(CC)CC)cc1)c1ccc(N(CC)CC)cc1. The highest BCUT2D eigenvalue weighted by molar-refractivity contribution is 5.51. The fraction of sp³-hybridized carbons (Fsp3) is 0.538. The average molecular weight is 397 g/mol. The molecule has 0 heterocycles. The molecule has 0 radical (unpaired) electrons. The lowest BCUT2D eigenvalue weighted by molar-refractivity contribution is 0.0771. The van der Waals surface area contributed by atoms with Crippen LogP contribution in [0.2, 0.25) is 0 Å². The van der Waals surface area contributed by atoms with Crippen molar-refractivity contribution >= 4 is 11.4 Å². The molecule has 2 rings (SSSR count). The van der Waals surface area contributed by atoms with Crippen LogP contribution >= 0.6 is 0 Å². The van der Waals surface area contributed by atoms with E-state index in [-0.39, 0.29) is 6.10 Å². The Morgan fingerprint density at radius 1 is 0.621 bits per heavy atom. The Balaban J connectivity index is 2.24. The Bertz CT molecular complexity index is 617. The Hall–Kier alpha value is -2.00. The van der Waals surface area contributed by atoms with Crippen LogP contribution in [0.1, 0.15) is 71.1 Å². The van der Waals surface area contributed by atoms with Gasteiger partial charge in [0.25, 0.3) is 0 Å². The van der Waals surface area contributed by atoms with Crippen LogP contribution in [0.25, 0.3) is 0 Å². The maximum Gasteiger partial charge on any atom is 0.108 e. The number of ether oxygens (including phenoxy) is 1. The minimum absolute atomic E-state index is 0.0108. The first-order valence-electron chi connectivity index (χ1n) is 11.5. The molecule has 0 N–H and O–H groups in total. The fourth-order valence-corrected chi connectivity index (χ4v) is 3.84.